The molecule has 0 aliphatic carbocycles. The van der Waals surface area contributed by atoms with E-state index in [9.17, 15) is 22.4 Å². The smallest absolute Gasteiger partial charge is 0.475 e. The summed E-state index contributed by atoms with van der Waals surface area (Å²) in [5.41, 5.74) is 2.01. The fourth-order valence-electron chi connectivity index (χ4n) is 4.03. The van der Waals surface area contributed by atoms with Crippen LogP contribution in [-0.2, 0) is 22.6 Å². The molecular weight excluding hydrogens is 472 g/mol. The lowest BCUT2D eigenvalue weighted by molar-refractivity contribution is -0.192. The Kier molecular flexibility index (Phi) is 7.71. The van der Waals surface area contributed by atoms with Crippen LogP contribution in [0.3, 0.4) is 0 Å². The van der Waals surface area contributed by atoms with Gasteiger partial charge in [0.1, 0.15) is 12.4 Å². The molecule has 2 aliphatic rings. The van der Waals surface area contributed by atoms with Gasteiger partial charge in [0, 0.05) is 31.7 Å². The van der Waals surface area contributed by atoms with E-state index < -0.39 is 17.7 Å². The molecule has 1 amide bonds. The molecule has 0 unspecified atom stereocenters. The molecule has 1 fully saturated rings. The average Bonchev–Trinajstić information content (AvgIpc) is 3.26. The predicted octanol–water partition coefficient (Wildman–Crippen LogP) is 4.06. The number of carboxylic acid groups (broad SMARTS) is 1. The highest BCUT2D eigenvalue weighted by molar-refractivity contribution is 5.73. The van der Waals surface area contributed by atoms with Crippen molar-refractivity contribution < 1.29 is 37.0 Å². The molecule has 4 rings (SSSR count). The van der Waals surface area contributed by atoms with Crippen LogP contribution in [-0.4, -0.2) is 64.9 Å². The number of piperazine rings is 1. The van der Waals surface area contributed by atoms with Crippen molar-refractivity contribution in [3.05, 3.63) is 53.5 Å². The van der Waals surface area contributed by atoms with E-state index in [4.69, 9.17) is 14.6 Å². The molecule has 0 saturated carbocycles. The summed E-state index contributed by atoms with van der Waals surface area (Å²) in [7, 11) is 0. The Morgan fingerprint density at radius 3 is 2.46 bits per heavy atom. The Morgan fingerprint density at radius 2 is 1.86 bits per heavy atom. The molecule has 0 spiro atoms. The zero-order valence-corrected chi connectivity index (χ0v) is 19.2. The number of pyridine rings is 1. The number of carboxylic acids is 1. The zero-order chi connectivity index (χ0) is 25.8. The number of halogens is 4. The van der Waals surface area contributed by atoms with Gasteiger partial charge in [-0.15, -0.1) is 0 Å². The highest BCUT2D eigenvalue weighted by Crippen LogP contribution is 2.35. The van der Waals surface area contributed by atoms with E-state index in [1.54, 1.807) is 4.90 Å². The molecule has 0 radical (unpaired) electrons. The summed E-state index contributed by atoms with van der Waals surface area (Å²) in [5, 5.41) is 10.3. The number of benzene rings is 1. The number of alkyl halides is 3. The second kappa shape index (κ2) is 10.4. The second-order valence-corrected chi connectivity index (χ2v) is 8.69. The van der Waals surface area contributed by atoms with Crippen molar-refractivity contribution in [2.75, 3.05) is 36.4 Å². The van der Waals surface area contributed by atoms with Crippen molar-refractivity contribution >= 4 is 23.6 Å². The Balaban J connectivity index is 0.000000429. The normalized spacial score (nSPS) is 16.5. The minimum absolute atomic E-state index is 0.244. The third kappa shape index (κ3) is 6.31. The number of ether oxygens (including phenoxy) is 1. The summed E-state index contributed by atoms with van der Waals surface area (Å²) in [4.78, 5) is 29.5. The van der Waals surface area contributed by atoms with Crippen LogP contribution in [0.1, 0.15) is 25.0 Å². The van der Waals surface area contributed by atoms with Crippen LogP contribution in [0.2, 0.25) is 0 Å². The van der Waals surface area contributed by atoms with Crippen molar-refractivity contribution in [1.82, 2.24) is 9.88 Å². The topological polar surface area (TPSA) is 95.0 Å². The minimum atomic E-state index is -5.08. The quantitative estimate of drug-likeness (QED) is 0.617. The van der Waals surface area contributed by atoms with E-state index in [1.165, 1.54) is 6.20 Å². The van der Waals surface area contributed by atoms with Crippen LogP contribution in [0, 0.1) is 5.82 Å². The maximum Gasteiger partial charge on any atom is 0.490 e. The summed E-state index contributed by atoms with van der Waals surface area (Å²) in [6.07, 6.45) is -3.38. The Bertz CT molecular complexity index is 1060. The molecule has 190 valence electrons. The third-order valence-corrected chi connectivity index (χ3v) is 5.66. The number of nitrogens with one attached hydrogen (secondary N) is 1. The van der Waals surface area contributed by atoms with Gasteiger partial charge in [-0.1, -0.05) is 30.3 Å². The van der Waals surface area contributed by atoms with Gasteiger partial charge in [-0.25, -0.2) is 19.0 Å². The number of hydrogen-bond donors (Lipinski definition) is 2. The number of anilines is 2. The van der Waals surface area contributed by atoms with Gasteiger partial charge in [0.25, 0.3) is 0 Å². The summed E-state index contributed by atoms with van der Waals surface area (Å²) >= 11 is 0. The molecule has 2 aromatic rings. The van der Waals surface area contributed by atoms with E-state index >= 15 is 0 Å². The van der Waals surface area contributed by atoms with E-state index in [0.29, 0.717) is 25.3 Å². The first-order chi connectivity index (χ1) is 16.4. The highest BCUT2D eigenvalue weighted by Gasteiger charge is 2.40. The lowest BCUT2D eigenvalue weighted by atomic mass is 9.98. The fourth-order valence-corrected chi connectivity index (χ4v) is 4.03. The molecule has 2 aliphatic heterocycles. The second-order valence-electron chi connectivity index (χ2n) is 8.69. The maximum absolute atomic E-state index is 14.6. The van der Waals surface area contributed by atoms with Crippen molar-refractivity contribution in [2.45, 2.75) is 38.6 Å². The van der Waals surface area contributed by atoms with Crippen LogP contribution in [0.4, 0.5) is 33.9 Å². The van der Waals surface area contributed by atoms with Crippen LogP contribution in [0.5, 0.6) is 0 Å². The number of carbonyl (C=O) groups is 2. The van der Waals surface area contributed by atoms with Gasteiger partial charge in [-0.2, -0.15) is 13.2 Å². The average molecular weight is 498 g/mol. The molecule has 2 N–H and O–H groups in total. The molecule has 12 heteroatoms. The van der Waals surface area contributed by atoms with E-state index in [-0.39, 0.29) is 18.5 Å². The first-order valence-corrected chi connectivity index (χ1v) is 10.8. The van der Waals surface area contributed by atoms with Crippen molar-refractivity contribution in [1.29, 1.82) is 0 Å². The van der Waals surface area contributed by atoms with Crippen LogP contribution >= 0.6 is 0 Å². The van der Waals surface area contributed by atoms with Crippen LogP contribution in [0.15, 0.2) is 36.5 Å². The van der Waals surface area contributed by atoms with E-state index in [0.717, 1.165) is 29.9 Å². The van der Waals surface area contributed by atoms with Gasteiger partial charge in [0.2, 0.25) is 0 Å². The number of carbonyl (C=O) groups excluding carboxylic acids is 1. The van der Waals surface area contributed by atoms with Gasteiger partial charge < -0.3 is 20.1 Å². The van der Waals surface area contributed by atoms with E-state index in [2.05, 4.69) is 10.3 Å². The number of amides is 1. The lowest BCUT2D eigenvalue weighted by Crippen LogP contribution is -2.61. The molecule has 8 nitrogen and oxygen atoms in total. The van der Waals surface area contributed by atoms with Gasteiger partial charge in [-0.05, 0) is 25.8 Å². The maximum atomic E-state index is 14.6. The Morgan fingerprint density at radius 1 is 1.20 bits per heavy atom. The predicted molar refractivity (Wildman–Crippen MR) is 120 cm³/mol. The number of hydrogen-bond acceptors (Lipinski definition) is 6. The molecule has 1 aromatic carbocycles. The SMILES string of the molecule is CC1(C)CN(c2c(F)cnc3c2CCN3)CCN1C(=O)OCc1ccccc1.O=C(O)C(F)(F)F. The van der Waals surface area contributed by atoms with Crippen molar-refractivity contribution in [2.24, 2.45) is 0 Å². The summed E-state index contributed by atoms with van der Waals surface area (Å²) in [6.45, 7) is 6.55. The van der Waals surface area contributed by atoms with Crippen molar-refractivity contribution in [3.8, 4) is 0 Å². The first-order valence-electron chi connectivity index (χ1n) is 10.8. The first kappa shape index (κ1) is 26.0. The molecule has 1 aromatic heterocycles. The van der Waals surface area contributed by atoms with Crippen LogP contribution in [0.25, 0.3) is 0 Å². The lowest BCUT2D eigenvalue weighted by Gasteiger charge is -2.47. The van der Waals surface area contributed by atoms with Gasteiger partial charge in [0.15, 0.2) is 5.82 Å². The standard InChI is InChI=1S/C21H25FN4O2.C2HF3O2/c1-21(2)14-25(18-16-8-9-23-19(16)24-12-17(18)22)10-11-26(21)20(27)28-13-15-6-4-3-5-7-15;3-2(4,5)1(6)7/h3-7,12H,8-11,13-14H2,1-2H3,(H,23,24);(H,6,7). The summed E-state index contributed by atoms with van der Waals surface area (Å²) in [6, 6.07) is 9.62. The summed E-state index contributed by atoms with van der Waals surface area (Å²) in [5.74, 6) is -2.30. The number of aromatic nitrogens is 1. The van der Waals surface area contributed by atoms with Crippen LogP contribution < -0.4 is 10.2 Å². The number of aliphatic carboxylic acids is 1. The van der Waals surface area contributed by atoms with Gasteiger partial charge in [0.05, 0.1) is 17.4 Å². The fraction of sp³-hybridized carbons (Fsp3) is 0.435. The monoisotopic (exact) mass is 498 g/mol. The van der Waals surface area contributed by atoms with Gasteiger partial charge in [-0.3, -0.25) is 4.90 Å². The summed E-state index contributed by atoms with van der Waals surface area (Å²) < 4.78 is 51.9. The van der Waals surface area contributed by atoms with Gasteiger partial charge >= 0.3 is 18.2 Å². The highest BCUT2D eigenvalue weighted by atomic mass is 19.4. The molecule has 1 saturated heterocycles. The Hall–Kier alpha value is -3.57. The molecular formula is C23H26F4N4O4. The zero-order valence-electron chi connectivity index (χ0n) is 19.2. The molecule has 3 heterocycles. The molecule has 0 atom stereocenters. The Labute approximate surface area is 199 Å². The molecule has 35 heavy (non-hydrogen) atoms. The van der Waals surface area contributed by atoms with Crippen molar-refractivity contribution in [3.63, 3.8) is 0 Å². The molecule has 0 bridgehead atoms. The largest absolute Gasteiger partial charge is 0.490 e. The minimum Gasteiger partial charge on any atom is -0.475 e. The number of fused-ring (bicyclic) bond motifs is 1. The number of rotatable bonds is 3. The number of nitrogens with zero attached hydrogens (tertiary/aromatic N) is 3. The third-order valence-electron chi connectivity index (χ3n) is 5.66. The van der Waals surface area contributed by atoms with E-state index in [1.807, 2.05) is 49.1 Å².